The highest BCUT2D eigenvalue weighted by atomic mass is 17.0. The molecule has 0 radical (unpaired) electrons. The molecule has 3 fully saturated rings. The quantitative estimate of drug-likeness (QED) is 0.544. The van der Waals surface area contributed by atoms with Gasteiger partial charge in [0.2, 0.25) is 0 Å². The summed E-state index contributed by atoms with van der Waals surface area (Å²) >= 11 is 0. The van der Waals surface area contributed by atoms with Crippen LogP contribution in [0, 0.1) is 0 Å². The van der Waals surface area contributed by atoms with Crippen molar-refractivity contribution in [3.8, 4) is 0 Å². The number of hydrogen-bond donors (Lipinski definition) is 2. The highest BCUT2D eigenvalue weighted by molar-refractivity contribution is 4.98. The second kappa shape index (κ2) is 2.66. The van der Waals surface area contributed by atoms with Crippen molar-refractivity contribution in [1.82, 2.24) is 0 Å². The van der Waals surface area contributed by atoms with Crippen LogP contribution in [0.15, 0.2) is 0 Å². The van der Waals surface area contributed by atoms with E-state index in [-0.39, 0.29) is 6.61 Å². The lowest BCUT2D eigenvalue weighted by Gasteiger charge is -2.42. The SMILES string of the molecule is C[C@@]12O[C@H]3O[C@H](CO)[C@@H](O1)[C@H](O)[C@H]3O2. The minimum atomic E-state index is -1.14. The standard InChI is InChI=1S/C8H12O6/c1-8-12-5-3(2-9)11-7(14-8)6(13-8)4(5)10/h3-7,9-10H,2H2,1H3/t3-,4+,5-,6-,7-,8-/m1/s1. The molecule has 3 bridgehead atoms. The van der Waals surface area contributed by atoms with Gasteiger partial charge in [0.25, 0.3) is 5.97 Å². The van der Waals surface area contributed by atoms with E-state index >= 15 is 0 Å². The molecule has 0 spiro atoms. The van der Waals surface area contributed by atoms with Crippen LogP contribution in [0.1, 0.15) is 6.92 Å². The van der Waals surface area contributed by atoms with Crippen LogP contribution in [-0.4, -0.2) is 53.5 Å². The Morgan fingerprint density at radius 1 is 1.21 bits per heavy atom. The monoisotopic (exact) mass is 204 g/mol. The Morgan fingerprint density at radius 3 is 2.64 bits per heavy atom. The number of aliphatic hydroxyl groups is 2. The fourth-order valence-electron chi connectivity index (χ4n) is 2.20. The molecule has 0 aromatic rings. The molecule has 0 saturated carbocycles. The number of ether oxygens (including phenoxy) is 4. The van der Waals surface area contributed by atoms with Gasteiger partial charge in [0, 0.05) is 6.92 Å². The van der Waals surface area contributed by atoms with E-state index in [0.29, 0.717) is 0 Å². The van der Waals surface area contributed by atoms with Crippen molar-refractivity contribution >= 4 is 0 Å². The Kier molecular flexibility index (Phi) is 1.71. The minimum Gasteiger partial charge on any atom is -0.394 e. The largest absolute Gasteiger partial charge is 0.394 e. The van der Waals surface area contributed by atoms with E-state index in [9.17, 15) is 5.11 Å². The van der Waals surface area contributed by atoms with Crippen molar-refractivity contribution in [2.24, 2.45) is 0 Å². The van der Waals surface area contributed by atoms with Gasteiger partial charge in [-0.1, -0.05) is 0 Å². The molecule has 14 heavy (non-hydrogen) atoms. The maximum Gasteiger partial charge on any atom is 0.283 e. The third kappa shape index (κ3) is 1.01. The molecule has 2 N–H and O–H groups in total. The van der Waals surface area contributed by atoms with E-state index in [0.717, 1.165) is 0 Å². The van der Waals surface area contributed by atoms with Crippen molar-refractivity contribution in [2.45, 2.75) is 43.6 Å². The molecular formula is C8H12O6. The number of hydrogen-bond acceptors (Lipinski definition) is 6. The van der Waals surface area contributed by atoms with Gasteiger partial charge in [-0.3, -0.25) is 4.74 Å². The molecule has 6 atom stereocenters. The zero-order valence-corrected chi connectivity index (χ0v) is 7.62. The number of fused-ring (bicyclic) bond motifs is 2. The molecule has 0 aliphatic carbocycles. The Balaban J connectivity index is 1.94. The topological polar surface area (TPSA) is 77.4 Å². The first-order valence-corrected chi connectivity index (χ1v) is 4.61. The van der Waals surface area contributed by atoms with Crippen molar-refractivity contribution in [3.05, 3.63) is 0 Å². The molecule has 6 nitrogen and oxygen atoms in total. The second-order valence-electron chi connectivity index (χ2n) is 3.86. The maximum atomic E-state index is 9.78. The van der Waals surface area contributed by atoms with Gasteiger partial charge in [-0.2, -0.15) is 0 Å². The Labute approximate surface area is 80.3 Å². The van der Waals surface area contributed by atoms with Crippen molar-refractivity contribution in [3.63, 3.8) is 0 Å². The van der Waals surface area contributed by atoms with E-state index in [2.05, 4.69) is 0 Å². The summed E-state index contributed by atoms with van der Waals surface area (Å²) in [4.78, 5) is 0. The van der Waals surface area contributed by atoms with Crippen LogP contribution in [0.2, 0.25) is 0 Å². The molecule has 0 unspecified atom stereocenters. The van der Waals surface area contributed by atoms with E-state index in [1.807, 2.05) is 0 Å². The number of rotatable bonds is 1. The van der Waals surface area contributed by atoms with Crippen molar-refractivity contribution < 1.29 is 29.2 Å². The smallest absolute Gasteiger partial charge is 0.283 e. The molecule has 3 aliphatic rings. The van der Waals surface area contributed by atoms with E-state index < -0.39 is 36.7 Å². The van der Waals surface area contributed by atoms with Gasteiger partial charge in [0.15, 0.2) is 6.29 Å². The van der Waals surface area contributed by atoms with E-state index in [4.69, 9.17) is 24.1 Å². The predicted octanol–water partition coefficient (Wildman–Crippen LogP) is -1.45. The zero-order valence-electron chi connectivity index (χ0n) is 7.62. The maximum absolute atomic E-state index is 9.78. The van der Waals surface area contributed by atoms with E-state index in [1.54, 1.807) is 6.92 Å². The molecule has 80 valence electrons. The molecule has 0 aromatic heterocycles. The Bertz CT molecular complexity index is 256. The van der Waals surface area contributed by atoms with Crippen LogP contribution >= 0.6 is 0 Å². The zero-order chi connectivity index (χ0) is 9.92. The molecule has 3 saturated heterocycles. The van der Waals surface area contributed by atoms with Crippen LogP contribution in [0.3, 0.4) is 0 Å². The first-order chi connectivity index (χ1) is 6.63. The Hall–Kier alpha value is -0.240. The molecule has 0 amide bonds. The summed E-state index contributed by atoms with van der Waals surface area (Å²) in [5.74, 6) is -1.14. The highest BCUT2D eigenvalue weighted by Gasteiger charge is 2.63. The number of aliphatic hydroxyl groups excluding tert-OH is 2. The van der Waals surface area contributed by atoms with Gasteiger partial charge in [-0.15, -0.1) is 0 Å². The summed E-state index contributed by atoms with van der Waals surface area (Å²) in [6.07, 6.45) is -3.09. The van der Waals surface area contributed by atoms with Gasteiger partial charge >= 0.3 is 0 Å². The molecule has 0 aromatic carbocycles. The van der Waals surface area contributed by atoms with Crippen molar-refractivity contribution in [2.75, 3.05) is 6.61 Å². The first-order valence-electron chi connectivity index (χ1n) is 4.61. The van der Waals surface area contributed by atoms with Crippen LogP contribution < -0.4 is 0 Å². The normalized spacial score (nSPS) is 60.6. The van der Waals surface area contributed by atoms with Gasteiger partial charge in [0.1, 0.15) is 24.4 Å². The van der Waals surface area contributed by atoms with Crippen LogP contribution in [-0.2, 0) is 18.9 Å². The highest BCUT2D eigenvalue weighted by Crippen LogP contribution is 2.44. The fourth-order valence-corrected chi connectivity index (χ4v) is 2.20. The van der Waals surface area contributed by atoms with Crippen molar-refractivity contribution in [1.29, 1.82) is 0 Å². The average Bonchev–Trinajstić information content (AvgIpc) is 2.33. The summed E-state index contributed by atoms with van der Waals surface area (Å²) in [6.45, 7) is 1.42. The molecule has 6 heteroatoms. The van der Waals surface area contributed by atoms with Gasteiger partial charge < -0.3 is 24.4 Å². The summed E-state index contributed by atoms with van der Waals surface area (Å²) in [5.41, 5.74) is 0. The van der Waals surface area contributed by atoms with Gasteiger partial charge in [0.05, 0.1) is 6.61 Å². The average molecular weight is 204 g/mol. The van der Waals surface area contributed by atoms with Crippen LogP contribution in [0.25, 0.3) is 0 Å². The first kappa shape index (κ1) is 9.02. The third-order valence-electron chi connectivity index (χ3n) is 2.83. The molecule has 3 aliphatic heterocycles. The molecule has 3 heterocycles. The minimum absolute atomic E-state index is 0.204. The third-order valence-corrected chi connectivity index (χ3v) is 2.83. The lowest BCUT2D eigenvalue weighted by Crippen LogP contribution is -2.61. The fraction of sp³-hybridized carbons (Fsp3) is 1.00. The van der Waals surface area contributed by atoms with Crippen LogP contribution in [0.4, 0.5) is 0 Å². The van der Waals surface area contributed by atoms with Crippen LogP contribution in [0.5, 0.6) is 0 Å². The molecule has 3 rings (SSSR count). The Morgan fingerprint density at radius 2 is 1.93 bits per heavy atom. The summed E-state index contributed by atoms with van der Waals surface area (Å²) in [5, 5.41) is 18.8. The summed E-state index contributed by atoms with van der Waals surface area (Å²) < 4.78 is 21.4. The molecular weight excluding hydrogens is 192 g/mol. The summed E-state index contributed by atoms with van der Waals surface area (Å²) in [7, 11) is 0. The second-order valence-corrected chi connectivity index (χ2v) is 3.86. The van der Waals surface area contributed by atoms with Gasteiger partial charge in [-0.25, -0.2) is 0 Å². The van der Waals surface area contributed by atoms with E-state index in [1.165, 1.54) is 0 Å². The predicted molar refractivity (Wildman–Crippen MR) is 41.0 cm³/mol. The summed E-state index contributed by atoms with van der Waals surface area (Å²) in [6, 6.07) is 0. The lowest BCUT2D eigenvalue weighted by molar-refractivity contribution is -0.382. The lowest BCUT2D eigenvalue weighted by atomic mass is 9.98. The van der Waals surface area contributed by atoms with Gasteiger partial charge in [-0.05, 0) is 0 Å².